The van der Waals surface area contributed by atoms with Crippen LogP contribution in [0.2, 0.25) is 0 Å². The Labute approximate surface area is 117 Å². The number of ether oxygens (including phenoxy) is 2. The molecule has 0 bridgehead atoms. The molecule has 1 heterocycles. The van der Waals surface area contributed by atoms with Gasteiger partial charge in [-0.3, -0.25) is 14.5 Å². The molecular weight excluding hydrogens is 266 g/mol. The van der Waals surface area contributed by atoms with E-state index in [1.807, 2.05) is 13.8 Å². The summed E-state index contributed by atoms with van der Waals surface area (Å²) in [5, 5.41) is 2.55. The summed E-state index contributed by atoms with van der Waals surface area (Å²) in [6.45, 7) is 4.64. The summed E-state index contributed by atoms with van der Waals surface area (Å²) in [5.74, 6) is -2.24. The Hall–Kier alpha value is -1.80. The van der Waals surface area contributed by atoms with E-state index in [0.29, 0.717) is 13.2 Å². The number of urea groups is 1. The lowest BCUT2D eigenvalue weighted by atomic mass is 10.1. The highest BCUT2D eigenvalue weighted by molar-refractivity contribution is 6.20. The lowest BCUT2D eigenvalue weighted by molar-refractivity contribution is -0.144. The van der Waals surface area contributed by atoms with E-state index in [1.54, 1.807) is 0 Å². The van der Waals surface area contributed by atoms with Crippen LogP contribution in [0, 0.1) is 5.92 Å². The zero-order valence-electron chi connectivity index (χ0n) is 11.8. The summed E-state index contributed by atoms with van der Waals surface area (Å²) in [6.07, 6.45) is 0.486. The molecule has 0 aromatic heterocycles. The van der Waals surface area contributed by atoms with Crippen LogP contribution in [0.15, 0.2) is 4.99 Å². The lowest BCUT2D eigenvalue weighted by Crippen LogP contribution is -2.48. The van der Waals surface area contributed by atoms with Crippen molar-refractivity contribution in [2.45, 2.75) is 20.1 Å². The van der Waals surface area contributed by atoms with Gasteiger partial charge in [0, 0.05) is 26.5 Å². The number of hydrogen-bond acceptors (Lipinski definition) is 5. The van der Waals surface area contributed by atoms with Crippen molar-refractivity contribution in [1.82, 2.24) is 10.2 Å². The number of rotatable bonds is 7. The van der Waals surface area contributed by atoms with Gasteiger partial charge in [-0.05, 0) is 13.8 Å². The van der Waals surface area contributed by atoms with Crippen molar-refractivity contribution in [2.75, 3.05) is 26.8 Å². The van der Waals surface area contributed by atoms with Gasteiger partial charge in [0.05, 0.1) is 6.54 Å². The molecule has 0 aliphatic carbocycles. The molecule has 1 atom stereocenters. The van der Waals surface area contributed by atoms with Gasteiger partial charge in [-0.15, -0.1) is 0 Å². The Kier molecular flexibility index (Phi) is 6.26. The first-order valence-corrected chi connectivity index (χ1v) is 6.37. The van der Waals surface area contributed by atoms with Crippen LogP contribution in [-0.2, 0) is 19.1 Å². The minimum Gasteiger partial charge on any atom is -0.351 e. The molecule has 0 aromatic rings. The second kappa shape index (κ2) is 7.71. The third-order valence-electron chi connectivity index (χ3n) is 2.65. The van der Waals surface area contributed by atoms with Gasteiger partial charge in [-0.1, -0.05) is 0 Å². The van der Waals surface area contributed by atoms with E-state index in [1.165, 1.54) is 7.05 Å². The highest BCUT2D eigenvalue weighted by Crippen LogP contribution is 2.07. The van der Waals surface area contributed by atoms with E-state index in [2.05, 4.69) is 10.3 Å². The maximum absolute atomic E-state index is 11.9. The summed E-state index contributed by atoms with van der Waals surface area (Å²) in [4.78, 5) is 39.1. The number of nitrogens with one attached hydrogen (secondary N) is 1. The van der Waals surface area contributed by atoms with E-state index in [0.717, 1.165) is 11.1 Å². The van der Waals surface area contributed by atoms with Crippen LogP contribution in [0.4, 0.5) is 4.79 Å². The first kappa shape index (κ1) is 16.3. The Morgan fingerprint density at radius 1 is 1.40 bits per heavy atom. The summed E-state index contributed by atoms with van der Waals surface area (Å²) >= 11 is 0. The van der Waals surface area contributed by atoms with Gasteiger partial charge in [-0.25, -0.2) is 9.79 Å². The molecule has 8 nitrogen and oxygen atoms in total. The van der Waals surface area contributed by atoms with E-state index in [4.69, 9.17) is 9.47 Å². The summed E-state index contributed by atoms with van der Waals surface area (Å²) in [6, 6.07) is -0.680. The van der Waals surface area contributed by atoms with Crippen LogP contribution in [0.1, 0.15) is 13.8 Å². The van der Waals surface area contributed by atoms with Crippen molar-refractivity contribution < 1.29 is 23.9 Å². The summed E-state index contributed by atoms with van der Waals surface area (Å²) in [7, 11) is 1.28. The average Bonchev–Trinajstić information content (AvgIpc) is 2.42. The fraction of sp³-hybridized carbons (Fsp3) is 0.667. The molecular formula is C12H19N3O5. The number of aliphatic imine (C=N–C) groups is 1. The Morgan fingerprint density at radius 2 is 2.00 bits per heavy atom. The molecule has 8 heteroatoms. The number of carbonyl (C=O) groups excluding carboxylic acids is 3. The van der Waals surface area contributed by atoms with E-state index in [9.17, 15) is 14.4 Å². The monoisotopic (exact) mass is 285 g/mol. The van der Waals surface area contributed by atoms with Crippen molar-refractivity contribution in [2.24, 2.45) is 10.9 Å². The molecule has 1 aliphatic rings. The van der Waals surface area contributed by atoms with Crippen LogP contribution in [-0.4, -0.2) is 62.1 Å². The van der Waals surface area contributed by atoms with Crippen LogP contribution < -0.4 is 5.32 Å². The average molecular weight is 285 g/mol. The molecule has 4 amide bonds. The number of amides is 4. The second-order valence-electron chi connectivity index (χ2n) is 4.02. The van der Waals surface area contributed by atoms with Crippen LogP contribution in [0.25, 0.3) is 0 Å². The number of carbonyl (C=O) groups is 3. The fourth-order valence-electron chi connectivity index (χ4n) is 1.60. The van der Waals surface area contributed by atoms with Crippen molar-refractivity contribution in [1.29, 1.82) is 0 Å². The molecule has 0 fully saturated rings. The number of hydrogen-bond donors (Lipinski definition) is 1. The zero-order chi connectivity index (χ0) is 15.1. The smallest absolute Gasteiger partial charge is 0.349 e. The van der Waals surface area contributed by atoms with Gasteiger partial charge in [0.2, 0.25) is 11.8 Å². The fourth-order valence-corrected chi connectivity index (χ4v) is 1.60. The third kappa shape index (κ3) is 4.10. The van der Waals surface area contributed by atoms with Crippen LogP contribution in [0.3, 0.4) is 0 Å². The SMILES string of the molecule is CCOC(CNC(=O)C1C=NC(=O)N(C)C1=O)OCC. The van der Waals surface area contributed by atoms with Crippen molar-refractivity contribution in [3.63, 3.8) is 0 Å². The highest BCUT2D eigenvalue weighted by atomic mass is 16.7. The standard InChI is InChI=1S/C12H19N3O5/c1-4-19-9(20-5-2)7-13-10(16)8-6-14-12(18)15(3)11(8)17/h6,8-9H,4-5,7H2,1-3H3,(H,13,16). The molecule has 0 aromatic carbocycles. The van der Waals surface area contributed by atoms with Gasteiger partial charge in [0.15, 0.2) is 12.2 Å². The van der Waals surface area contributed by atoms with Gasteiger partial charge in [-0.2, -0.15) is 0 Å². The minimum absolute atomic E-state index is 0.121. The van der Waals surface area contributed by atoms with Crippen LogP contribution >= 0.6 is 0 Å². The normalized spacial score (nSPS) is 18.8. The molecule has 1 rings (SSSR count). The van der Waals surface area contributed by atoms with Gasteiger partial charge < -0.3 is 14.8 Å². The maximum Gasteiger partial charge on any atom is 0.349 e. The Balaban J connectivity index is 2.56. The minimum atomic E-state index is -1.10. The van der Waals surface area contributed by atoms with E-state index in [-0.39, 0.29) is 6.54 Å². The molecule has 1 unspecified atom stereocenters. The quantitative estimate of drug-likeness (QED) is 0.515. The molecule has 112 valence electrons. The molecule has 1 aliphatic heterocycles. The zero-order valence-corrected chi connectivity index (χ0v) is 11.8. The summed E-state index contributed by atoms with van der Waals surface area (Å²) in [5.41, 5.74) is 0. The molecule has 1 N–H and O–H groups in total. The predicted octanol–water partition coefficient (Wildman–Crippen LogP) is -0.219. The van der Waals surface area contributed by atoms with Crippen molar-refractivity contribution in [3.05, 3.63) is 0 Å². The topological polar surface area (TPSA) is 97.3 Å². The van der Waals surface area contributed by atoms with Gasteiger partial charge in [0.25, 0.3) is 0 Å². The molecule has 0 spiro atoms. The first-order chi connectivity index (χ1) is 9.51. The molecule has 0 saturated heterocycles. The van der Waals surface area contributed by atoms with Crippen molar-refractivity contribution in [3.8, 4) is 0 Å². The van der Waals surface area contributed by atoms with Crippen LogP contribution in [0.5, 0.6) is 0 Å². The van der Waals surface area contributed by atoms with E-state index >= 15 is 0 Å². The highest BCUT2D eigenvalue weighted by Gasteiger charge is 2.34. The third-order valence-corrected chi connectivity index (χ3v) is 2.65. The summed E-state index contributed by atoms with van der Waals surface area (Å²) < 4.78 is 10.5. The Bertz CT molecular complexity index is 404. The Morgan fingerprint density at radius 3 is 2.55 bits per heavy atom. The van der Waals surface area contributed by atoms with E-state index < -0.39 is 30.1 Å². The van der Waals surface area contributed by atoms with Gasteiger partial charge in [0.1, 0.15) is 0 Å². The predicted molar refractivity (Wildman–Crippen MR) is 70.2 cm³/mol. The van der Waals surface area contributed by atoms with Crippen molar-refractivity contribution >= 4 is 24.1 Å². The lowest BCUT2D eigenvalue weighted by Gasteiger charge is -2.23. The molecule has 0 saturated carbocycles. The first-order valence-electron chi connectivity index (χ1n) is 6.37. The molecule has 0 radical (unpaired) electrons. The van der Waals surface area contributed by atoms with Gasteiger partial charge >= 0.3 is 6.03 Å². The largest absolute Gasteiger partial charge is 0.351 e. The maximum atomic E-state index is 11.9. The molecule has 20 heavy (non-hydrogen) atoms. The number of nitrogens with zero attached hydrogens (tertiary/aromatic N) is 2. The second-order valence-corrected chi connectivity index (χ2v) is 4.02. The number of imide groups is 1.